The van der Waals surface area contributed by atoms with E-state index < -0.39 is 11.6 Å². The van der Waals surface area contributed by atoms with Crippen LogP contribution in [0.3, 0.4) is 0 Å². The number of halogens is 1. The SMILES string of the molecule is CC(CO)(NCC(O)c1ccccc1Cl)c1ccccc1. The van der Waals surface area contributed by atoms with Gasteiger partial charge in [-0.25, -0.2) is 0 Å². The lowest BCUT2D eigenvalue weighted by molar-refractivity contribution is 0.128. The molecule has 112 valence electrons. The maximum Gasteiger partial charge on any atom is 0.0929 e. The quantitative estimate of drug-likeness (QED) is 0.769. The molecule has 0 amide bonds. The van der Waals surface area contributed by atoms with Crippen molar-refractivity contribution < 1.29 is 10.2 Å². The van der Waals surface area contributed by atoms with Gasteiger partial charge in [0.2, 0.25) is 0 Å². The van der Waals surface area contributed by atoms with Gasteiger partial charge in [-0.15, -0.1) is 0 Å². The molecule has 0 spiro atoms. The zero-order valence-corrected chi connectivity index (χ0v) is 12.7. The van der Waals surface area contributed by atoms with Crippen LogP contribution < -0.4 is 5.32 Å². The van der Waals surface area contributed by atoms with Crippen molar-refractivity contribution in [1.82, 2.24) is 5.32 Å². The van der Waals surface area contributed by atoms with Crippen LogP contribution in [0.5, 0.6) is 0 Å². The van der Waals surface area contributed by atoms with E-state index in [1.807, 2.05) is 49.4 Å². The summed E-state index contributed by atoms with van der Waals surface area (Å²) in [4.78, 5) is 0. The molecule has 0 aliphatic heterocycles. The summed E-state index contributed by atoms with van der Waals surface area (Å²) in [5, 5.41) is 23.8. The molecule has 2 aromatic rings. The maximum atomic E-state index is 10.3. The third-order valence-electron chi connectivity index (χ3n) is 3.68. The predicted molar refractivity (Wildman–Crippen MR) is 85.3 cm³/mol. The molecule has 21 heavy (non-hydrogen) atoms. The molecule has 2 aromatic carbocycles. The fourth-order valence-corrected chi connectivity index (χ4v) is 2.49. The summed E-state index contributed by atoms with van der Waals surface area (Å²) in [5.74, 6) is 0. The number of hydrogen-bond acceptors (Lipinski definition) is 3. The van der Waals surface area contributed by atoms with Gasteiger partial charge in [0.25, 0.3) is 0 Å². The van der Waals surface area contributed by atoms with E-state index in [0.29, 0.717) is 17.1 Å². The van der Waals surface area contributed by atoms with Crippen LogP contribution in [0.4, 0.5) is 0 Å². The largest absolute Gasteiger partial charge is 0.394 e. The van der Waals surface area contributed by atoms with Gasteiger partial charge in [-0.2, -0.15) is 0 Å². The lowest BCUT2D eigenvalue weighted by Gasteiger charge is -2.30. The Labute approximate surface area is 130 Å². The maximum absolute atomic E-state index is 10.3. The molecule has 0 saturated heterocycles. The second-order valence-electron chi connectivity index (χ2n) is 5.27. The van der Waals surface area contributed by atoms with Crippen LogP contribution in [0, 0.1) is 0 Å². The molecule has 2 rings (SSSR count). The fraction of sp³-hybridized carbons (Fsp3) is 0.294. The monoisotopic (exact) mass is 305 g/mol. The zero-order chi connectivity index (χ0) is 15.3. The lowest BCUT2D eigenvalue weighted by Crippen LogP contribution is -2.44. The molecule has 2 atom stereocenters. The standard InChI is InChI=1S/C17H20ClNO2/c1-17(12-20,13-7-3-2-4-8-13)19-11-16(21)14-9-5-6-10-15(14)18/h2-10,16,19-21H,11-12H2,1H3. The minimum absolute atomic E-state index is 0.0632. The van der Waals surface area contributed by atoms with Gasteiger partial charge in [-0.05, 0) is 18.6 Å². The lowest BCUT2D eigenvalue weighted by atomic mass is 9.92. The van der Waals surface area contributed by atoms with E-state index in [9.17, 15) is 10.2 Å². The first-order valence-electron chi connectivity index (χ1n) is 6.91. The second-order valence-corrected chi connectivity index (χ2v) is 5.68. The fourth-order valence-electron chi connectivity index (χ4n) is 2.23. The summed E-state index contributed by atoms with van der Waals surface area (Å²) in [7, 11) is 0. The molecule has 3 nitrogen and oxygen atoms in total. The Morgan fingerprint density at radius 1 is 1.10 bits per heavy atom. The molecule has 3 N–H and O–H groups in total. The smallest absolute Gasteiger partial charge is 0.0929 e. The van der Waals surface area contributed by atoms with Crippen LogP contribution in [0.25, 0.3) is 0 Å². The van der Waals surface area contributed by atoms with Gasteiger partial charge in [0.1, 0.15) is 0 Å². The van der Waals surface area contributed by atoms with Crippen molar-refractivity contribution in [3.8, 4) is 0 Å². The van der Waals surface area contributed by atoms with E-state index in [1.165, 1.54) is 0 Å². The van der Waals surface area contributed by atoms with Crippen LogP contribution >= 0.6 is 11.6 Å². The van der Waals surface area contributed by atoms with Gasteiger partial charge in [0, 0.05) is 17.1 Å². The summed E-state index contributed by atoms with van der Waals surface area (Å²) >= 11 is 6.08. The van der Waals surface area contributed by atoms with Gasteiger partial charge in [-0.1, -0.05) is 60.1 Å². The number of benzene rings is 2. The van der Waals surface area contributed by atoms with E-state index in [2.05, 4.69) is 5.32 Å². The van der Waals surface area contributed by atoms with Crippen molar-refractivity contribution in [1.29, 1.82) is 0 Å². The summed E-state index contributed by atoms with van der Waals surface area (Å²) < 4.78 is 0. The summed E-state index contributed by atoms with van der Waals surface area (Å²) in [6, 6.07) is 16.9. The van der Waals surface area contributed by atoms with Crippen molar-refractivity contribution in [2.24, 2.45) is 0 Å². The van der Waals surface area contributed by atoms with E-state index >= 15 is 0 Å². The molecule has 0 radical (unpaired) electrons. The molecular weight excluding hydrogens is 286 g/mol. The highest BCUT2D eigenvalue weighted by Gasteiger charge is 2.26. The summed E-state index contributed by atoms with van der Waals surface area (Å²) in [6.07, 6.45) is -0.728. The van der Waals surface area contributed by atoms with E-state index in [1.54, 1.807) is 12.1 Å². The molecule has 0 saturated carbocycles. The first-order chi connectivity index (χ1) is 10.1. The Hall–Kier alpha value is -1.39. The van der Waals surface area contributed by atoms with Crippen molar-refractivity contribution in [3.05, 3.63) is 70.7 Å². The van der Waals surface area contributed by atoms with Gasteiger partial charge in [0.05, 0.1) is 18.2 Å². The minimum atomic E-state index is -0.728. The first-order valence-corrected chi connectivity index (χ1v) is 7.28. The average molecular weight is 306 g/mol. The normalized spacial score (nSPS) is 15.4. The van der Waals surface area contributed by atoms with Crippen LogP contribution in [0.2, 0.25) is 5.02 Å². The summed E-state index contributed by atoms with van der Waals surface area (Å²) in [6.45, 7) is 2.14. The third-order valence-corrected chi connectivity index (χ3v) is 4.02. The average Bonchev–Trinajstić information content (AvgIpc) is 2.53. The van der Waals surface area contributed by atoms with E-state index in [4.69, 9.17) is 11.6 Å². The number of rotatable bonds is 6. The van der Waals surface area contributed by atoms with Crippen molar-refractivity contribution >= 4 is 11.6 Å². The van der Waals surface area contributed by atoms with Gasteiger partial charge < -0.3 is 15.5 Å². The van der Waals surface area contributed by atoms with Crippen molar-refractivity contribution in [2.75, 3.05) is 13.2 Å². The minimum Gasteiger partial charge on any atom is -0.394 e. The molecule has 2 unspecified atom stereocenters. The van der Waals surface area contributed by atoms with Gasteiger partial charge >= 0.3 is 0 Å². The van der Waals surface area contributed by atoms with Crippen LogP contribution in [0.15, 0.2) is 54.6 Å². The molecular formula is C17H20ClNO2. The molecule has 0 aromatic heterocycles. The number of nitrogens with one attached hydrogen (secondary N) is 1. The molecule has 0 heterocycles. The summed E-state index contributed by atoms with van der Waals surface area (Å²) in [5.41, 5.74) is 1.04. The van der Waals surface area contributed by atoms with Crippen molar-refractivity contribution in [2.45, 2.75) is 18.6 Å². The molecule has 0 fully saturated rings. The molecule has 0 aliphatic carbocycles. The predicted octanol–water partition coefficient (Wildman–Crippen LogP) is 2.87. The Bertz CT molecular complexity index is 576. The number of hydrogen-bond donors (Lipinski definition) is 3. The van der Waals surface area contributed by atoms with Crippen LogP contribution in [-0.2, 0) is 5.54 Å². The van der Waals surface area contributed by atoms with Crippen LogP contribution in [-0.4, -0.2) is 23.4 Å². The van der Waals surface area contributed by atoms with E-state index in [-0.39, 0.29) is 6.61 Å². The third kappa shape index (κ3) is 3.83. The van der Waals surface area contributed by atoms with Gasteiger partial charge in [0.15, 0.2) is 0 Å². The second kappa shape index (κ2) is 7.05. The zero-order valence-electron chi connectivity index (χ0n) is 12.0. The highest BCUT2D eigenvalue weighted by atomic mass is 35.5. The van der Waals surface area contributed by atoms with Crippen LogP contribution in [0.1, 0.15) is 24.2 Å². The highest BCUT2D eigenvalue weighted by molar-refractivity contribution is 6.31. The Morgan fingerprint density at radius 2 is 1.71 bits per heavy atom. The van der Waals surface area contributed by atoms with Gasteiger partial charge in [-0.3, -0.25) is 0 Å². The topological polar surface area (TPSA) is 52.5 Å². The number of aliphatic hydroxyl groups is 2. The Kier molecular flexibility index (Phi) is 5.37. The Balaban J connectivity index is 2.09. The van der Waals surface area contributed by atoms with Crippen molar-refractivity contribution in [3.63, 3.8) is 0 Å². The first kappa shape index (κ1) is 16.0. The molecule has 0 aliphatic rings. The highest BCUT2D eigenvalue weighted by Crippen LogP contribution is 2.24. The number of aliphatic hydroxyl groups excluding tert-OH is 2. The van der Waals surface area contributed by atoms with E-state index in [0.717, 1.165) is 5.56 Å². The Morgan fingerprint density at radius 3 is 2.33 bits per heavy atom. The molecule has 4 heteroatoms. The molecule has 0 bridgehead atoms.